The number of hydrogen-bond donors (Lipinski definition) is 0. The van der Waals surface area contributed by atoms with E-state index in [1.807, 2.05) is 24.3 Å². The van der Waals surface area contributed by atoms with E-state index >= 15 is 0 Å². The lowest BCUT2D eigenvalue weighted by molar-refractivity contribution is -0.0594. The molecule has 11 nitrogen and oxygen atoms in total. The highest BCUT2D eigenvalue weighted by molar-refractivity contribution is 5.93. The maximum atomic E-state index is 14.5. The second-order valence-corrected chi connectivity index (χ2v) is 11.6. The summed E-state index contributed by atoms with van der Waals surface area (Å²) in [5.41, 5.74) is 3.73. The Morgan fingerprint density at radius 2 is 1.89 bits per heavy atom. The van der Waals surface area contributed by atoms with E-state index in [0.717, 1.165) is 67.4 Å². The largest absolute Gasteiger partial charge is 0.473 e. The molecule has 6 rings (SSSR count). The summed E-state index contributed by atoms with van der Waals surface area (Å²) in [5, 5.41) is 9.02. The minimum Gasteiger partial charge on any atom is -0.473 e. The normalized spacial score (nSPS) is 17.4. The smallest absolute Gasteiger partial charge is 0.337 e. The molecule has 0 aliphatic carbocycles. The topological polar surface area (TPSA) is 115 Å². The Morgan fingerprint density at radius 1 is 1.09 bits per heavy atom. The van der Waals surface area contributed by atoms with Crippen LogP contribution in [0.25, 0.3) is 11.0 Å². The first-order valence-electron chi connectivity index (χ1n) is 15.4. The number of hydrogen-bond acceptors (Lipinski definition) is 10. The van der Waals surface area contributed by atoms with Gasteiger partial charge in [0, 0.05) is 51.5 Å². The molecule has 12 heteroatoms. The Bertz CT molecular complexity index is 1760. The van der Waals surface area contributed by atoms with Crippen molar-refractivity contribution in [3.8, 4) is 11.9 Å². The van der Waals surface area contributed by atoms with E-state index in [1.165, 1.54) is 13.2 Å². The summed E-state index contributed by atoms with van der Waals surface area (Å²) in [5.74, 6) is 1.21. The number of carbonyl (C=O) groups is 1. The zero-order chi connectivity index (χ0) is 32.2. The van der Waals surface area contributed by atoms with Crippen molar-refractivity contribution in [1.82, 2.24) is 19.4 Å². The second-order valence-electron chi connectivity index (χ2n) is 11.6. The Morgan fingerprint density at radius 3 is 2.57 bits per heavy atom. The van der Waals surface area contributed by atoms with Crippen LogP contribution in [0.2, 0.25) is 0 Å². The van der Waals surface area contributed by atoms with Crippen LogP contribution in [-0.4, -0.2) is 78.5 Å². The lowest BCUT2D eigenvalue weighted by atomic mass is 10.1. The number of methoxy groups -OCH3 is 2. The number of esters is 1. The molecule has 0 amide bonds. The quantitative estimate of drug-likeness (QED) is 0.218. The number of nitriles is 1. The van der Waals surface area contributed by atoms with E-state index in [1.54, 1.807) is 31.4 Å². The third kappa shape index (κ3) is 6.67. The van der Waals surface area contributed by atoms with Crippen LogP contribution in [0.5, 0.6) is 5.88 Å². The number of nitrogens with zero attached hydrogens (tertiary/aromatic N) is 6. The van der Waals surface area contributed by atoms with Crippen molar-refractivity contribution in [2.45, 2.75) is 45.2 Å². The molecule has 0 N–H and O–H groups in total. The molecule has 0 spiro atoms. The van der Waals surface area contributed by atoms with Gasteiger partial charge in [0.25, 0.3) is 0 Å². The number of pyridine rings is 1. The van der Waals surface area contributed by atoms with Crippen molar-refractivity contribution in [1.29, 1.82) is 5.26 Å². The van der Waals surface area contributed by atoms with Gasteiger partial charge in [-0.05, 0) is 55.3 Å². The van der Waals surface area contributed by atoms with Gasteiger partial charge in [0.2, 0.25) is 5.88 Å². The second kappa shape index (κ2) is 13.8. The first-order valence-corrected chi connectivity index (χ1v) is 15.4. The van der Waals surface area contributed by atoms with E-state index in [9.17, 15) is 9.18 Å². The SMILES string of the molecule is COCc1cc(OCc2ccc(C#N)cc2F)nc(N2CCN(C(C)c3nc4ccc(C(=O)OC)cc4n3C[C@@H]3CCO3)CC2)c1. The number of carbonyl (C=O) groups excluding carboxylic acids is 1. The summed E-state index contributed by atoms with van der Waals surface area (Å²) in [6, 6.07) is 15.6. The van der Waals surface area contributed by atoms with Crippen LogP contribution in [0.4, 0.5) is 10.2 Å². The average Bonchev–Trinajstić information content (AvgIpc) is 3.42. The van der Waals surface area contributed by atoms with E-state index in [0.29, 0.717) is 30.2 Å². The molecule has 2 aliphatic heterocycles. The van der Waals surface area contributed by atoms with Crippen LogP contribution in [0, 0.1) is 17.1 Å². The maximum absolute atomic E-state index is 14.5. The predicted octanol–water partition coefficient (Wildman–Crippen LogP) is 4.63. The van der Waals surface area contributed by atoms with E-state index < -0.39 is 5.82 Å². The fraction of sp³-hybridized carbons (Fsp3) is 0.412. The number of aromatic nitrogens is 3. The zero-order valence-electron chi connectivity index (χ0n) is 26.2. The molecule has 0 saturated carbocycles. The van der Waals surface area contributed by atoms with Crippen molar-refractivity contribution < 1.29 is 28.1 Å². The van der Waals surface area contributed by atoms with Gasteiger partial charge < -0.3 is 28.4 Å². The number of rotatable bonds is 11. The molecule has 0 radical (unpaired) electrons. The molecule has 4 heterocycles. The first-order chi connectivity index (χ1) is 22.4. The number of fused-ring (bicyclic) bond motifs is 1. The summed E-state index contributed by atoms with van der Waals surface area (Å²) < 4.78 is 38.7. The molecular weight excluding hydrogens is 591 g/mol. The van der Waals surface area contributed by atoms with Gasteiger partial charge in [-0.15, -0.1) is 0 Å². The molecule has 2 aliphatic rings. The predicted molar refractivity (Wildman–Crippen MR) is 168 cm³/mol. The number of halogens is 1. The summed E-state index contributed by atoms with van der Waals surface area (Å²) >= 11 is 0. The van der Waals surface area contributed by atoms with Crippen LogP contribution in [-0.2, 0) is 34.0 Å². The monoisotopic (exact) mass is 628 g/mol. The third-order valence-corrected chi connectivity index (χ3v) is 8.65. The van der Waals surface area contributed by atoms with E-state index in [-0.39, 0.29) is 30.3 Å². The van der Waals surface area contributed by atoms with Crippen molar-refractivity contribution in [3.63, 3.8) is 0 Å². The molecule has 240 valence electrons. The van der Waals surface area contributed by atoms with Crippen molar-refractivity contribution in [3.05, 3.63) is 82.4 Å². The Hall–Kier alpha value is -4.57. The molecule has 2 aromatic carbocycles. The highest BCUT2D eigenvalue weighted by Crippen LogP contribution is 2.30. The van der Waals surface area contributed by atoms with Gasteiger partial charge >= 0.3 is 5.97 Å². The van der Waals surface area contributed by atoms with Gasteiger partial charge in [0.05, 0.1) is 60.6 Å². The number of anilines is 1. The highest BCUT2D eigenvalue weighted by atomic mass is 19.1. The Labute approximate surface area is 267 Å². The molecule has 0 bridgehead atoms. The van der Waals surface area contributed by atoms with Crippen molar-refractivity contribution in [2.75, 3.05) is 51.9 Å². The molecule has 2 aromatic heterocycles. The van der Waals surface area contributed by atoms with Gasteiger partial charge in [-0.25, -0.2) is 14.2 Å². The van der Waals surface area contributed by atoms with Crippen LogP contribution < -0.4 is 9.64 Å². The average molecular weight is 629 g/mol. The molecular formula is C34H37FN6O5. The minimum absolute atomic E-state index is 0.0142. The lowest BCUT2D eigenvalue weighted by Crippen LogP contribution is -2.48. The fourth-order valence-electron chi connectivity index (χ4n) is 5.95. The molecule has 2 fully saturated rings. The Kier molecular flexibility index (Phi) is 9.44. The summed E-state index contributed by atoms with van der Waals surface area (Å²) in [7, 11) is 3.02. The van der Waals surface area contributed by atoms with Crippen LogP contribution in [0.3, 0.4) is 0 Å². The van der Waals surface area contributed by atoms with Gasteiger partial charge in [-0.1, -0.05) is 6.07 Å². The standard InChI is InChI=1S/C34H37FN6O5/c1-22(33-37-29-7-6-25(34(42)44-3)17-30(29)41(33)19-27-8-13-45-27)39-9-11-40(12-10-39)31-15-24(20-43-2)16-32(38-31)46-21-26-5-4-23(18-36)14-28(26)35/h4-7,14-17,22,27H,8-13,19-21H2,1-3H3/t22?,27-/m0/s1. The van der Waals surface area contributed by atoms with Crippen molar-refractivity contribution >= 4 is 22.8 Å². The summed E-state index contributed by atoms with van der Waals surface area (Å²) in [6.45, 7) is 6.99. The minimum atomic E-state index is -0.491. The first kappa shape index (κ1) is 31.4. The molecule has 4 aromatic rings. The number of benzene rings is 2. The Balaban J connectivity index is 1.18. The van der Waals surface area contributed by atoms with E-state index in [4.69, 9.17) is 34.2 Å². The molecule has 46 heavy (non-hydrogen) atoms. The molecule has 1 unspecified atom stereocenters. The van der Waals surface area contributed by atoms with Gasteiger partial charge in [0.1, 0.15) is 24.1 Å². The number of imidazole rings is 1. The highest BCUT2D eigenvalue weighted by Gasteiger charge is 2.29. The van der Waals surface area contributed by atoms with Crippen LogP contribution in [0.1, 0.15) is 52.3 Å². The van der Waals surface area contributed by atoms with Crippen LogP contribution >= 0.6 is 0 Å². The third-order valence-electron chi connectivity index (χ3n) is 8.65. The molecule has 2 atom stereocenters. The fourth-order valence-corrected chi connectivity index (χ4v) is 5.95. The van der Waals surface area contributed by atoms with Crippen molar-refractivity contribution in [2.24, 2.45) is 0 Å². The summed E-state index contributed by atoms with van der Waals surface area (Å²) in [6.07, 6.45) is 1.11. The summed E-state index contributed by atoms with van der Waals surface area (Å²) in [4.78, 5) is 26.7. The maximum Gasteiger partial charge on any atom is 0.337 e. The van der Waals surface area contributed by atoms with Gasteiger partial charge in [-0.3, -0.25) is 4.90 Å². The van der Waals surface area contributed by atoms with Crippen LogP contribution in [0.15, 0.2) is 48.5 Å². The lowest BCUT2D eigenvalue weighted by Gasteiger charge is -2.39. The molecule has 2 saturated heterocycles. The van der Waals surface area contributed by atoms with Gasteiger partial charge in [-0.2, -0.15) is 10.2 Å². The zero-order valence-corrected chi connectivity index (χ0v) is 26.2. The van der Waals surface area contributed by atoms with E-state index in [2.05, 4.69) is 21.3 Å². The van der Waals surface area contributed by atoms with Gasteiger partial charge in [0.15, 0.2) is 0 Å². The number of ether oxygens (including phenoxy) is 4. The number of piperazine rings is 1.